The Bertz CT molecular complexity index is 797. The minimum Gasteiger partial charge on any atom is -0.444 e. The molecule has 0 aliphatic heterocycles. The van der Waals surface area contributed by atoms with E-state index < -0.39 is 0 Å². The zero-order valence-corrected chi connectivity index (χ0v) is 13.5. The lowest BCUT2D eigenvalue weighted by molar-refractivity contribution is 0.282. The van der Waals surface area contributed by atoms with E-state index in [9.17, 15) is 5.11 Å². The summed E-state index contributed by atoms with van der Waals surface area (Å²) in [7, 11) is 0. The predicted octanol–water partition coefficient (Wildman–Crippen LogP) is 4.41. The highest BCUT2D eigenvalue weighted by molar-refractivity contribution is 6.33. The molecule has 23 heavy (non-hydrogen) atoms. The Morgan fingerprint density at radius 3 is 2.70 bits per heavy atom. The van der Waals surface area contributed by atoms with Crippen LogP contribution in [0.25, 0.3) is 11.5 Å². The first-order valence-electron chi connectivity index (χ1n) is 7.30. The van der Waals surface area contributed by atoms with E-state index >= 15 is 0 Å². The van der Waals surface area contributed by atoms with Crippen molar-refractivity contribution in [2.24, 2.45) is 0 Å². The topological polar surface area (TPSA) is 58.3 Å². The number of aryl methyl sites for hydroxylation is 1. The van der Waals surface area contributed by atoms with Crippen LogP contribution in [-0.4, -0.2) is 10.1 Å². The van der Waals surface area contributed by atoms with E-state index in [1.165, 1.54) is 5.56 Å². The molecule has 0 saturated carbocycles. The standard InChI is InChI=1S/C18H17ClN2O2/c1-12-2-5-14(6-3-12)18-21-15(11-23-18)9-20-17-8-13(10-22)4-7-16(17)19/h2-8,11,20,22H,9-10H2,1H3. The molecule has 0 bridgehead atoms. The molecule has 4 nitrogen and oxygen atoms in total. The van der Waals surface area contributed by atoms with Crippen molar-refractivity contribution in [3.8, 4) is 11.5 Å². The van der Waals surface area contributed by atoms with Gasteiger partial charge in [0.05, 0.1) is 29.6 Å². The summed E-state index contributed by atoms with van der Waals surface area (Å²) in [5.41, 5.74) is 4.49. The number of halogens is 1. The van der Waals surface area contributed by atoms with E-state index in [1.54, 1.807) is 18.4 Å². The smallest absolute Gasteiger partial charge is 0.226 e. The van der Waals surface area contributed by atoms with Gasteiger partial charge in [0.1, 0.15) is 6.26 Å². The number of nitrogens with zero attached hydrogens (tertiary/aromatic N) is 1. The Kier molecular flexibility index (Phi) is 4.65. The summed E-state index contributed by atoms with van der Waals surface area (Å²) < 4.78 is 5.53. The molecule has 3 rings (SSSR count). The number of hydrogen-bond donors (Lipinski definition) is 2. The van der Waals surface area contributed by atoms with Crippen molar-refractivity contribution < 1.29 is 9.52 Å². The van der Waals surface area contributed by atoms with Crippen LogP contribution in [0.2, 0.25) is 5.02 Å². The maximum absolute atomic E-state index is 9.19. The summed E-state index contributed by atoms with van der Waals surface area (Å²) in [6, 6.07) is 13.4. The first kappa shape index (κ1) is 15.6. The van der Waals surface area contributed by atoms with Gasteiger partial charge in [-0.05, 0) is 36.8 Å². The fraction of sp³-hybridized carbons (Fsp3) is 0.167. The summed E-state index contributed by atoms with van der Waals surface area (Å²) in [6.45, 7) is 2.51. The van der Waals surface area contributed by atoms with Gasteiger partial charge in [0.25, 0.3) is 0 Å². The zero-order chi connectivity index (χ0) is 16.2. The second kappa shape index (κ2) is 6.86. The van der Waals surface area contributed by atoms with Gasteiger partial charge in [0.2, 0.25) is 5.89 Å². The first-order chi connectivity index (χ1) is 11.2. The molecule has 0 amide bonds. The Morgan fingerprint density at radius 2 is 1.96 bits per heavy atom. The van der Waals surface area contributed by atoms with Crippen molar-refractivity contribution in [1.29, 1.82) is 0 Å². The molecule has 0 aliphatic rings. The molecular formula is C18H17ClN2O2. The molecule has 1 aromatic heterocycles. The van der Waals surface area contributed by atoms with Gasteiger partial charge >= 0.3 is 0 Å². The van der Waals surface area contributed by atoms with Crippen molar-refractivity contribution >= 4 is 17.3 Å². The number of aliphatic hydroxyl groups is 1. The first-order valence-corrected chi connectivity index (χ1v) is 7.68. The summed E-state index contributed by atoms with van der Waals surface area (Å²) >= 11 is 6.15. The van der Waals surface area contributed by atoms with Crippen molar-refractivity contribution in [3.05, 3.63) is 70.6 Å². The molecule has 0 fully saturated rings. The van der Waals surface area contributed by atoms with Gasteiger partial charge in [-0.25, -0.2) is 4.98 Å². The minimum atomic E-state index is -0.0205. The number of anilines is 1. The van der Waals surface area contributed by atoms with Crippen LogP contribution in [0.1, 0.15) is 16.8 Å². The van der Waals surface area contributed by atoms with Crippen molar-refractivity contribution in [1.82, 2.24) is 4.98 Å². The summed E-state index contributed by atoms with van der Waals surface area (Å²) in [4.78, 5) is 4.48. The fourth-order valence-electron chi connectivity index (χ4n) is 2.21. The molecule has 0 saturated heterocycles. The van der Waals surface area contributed by atoms with E-state index in [1.807, 2.05) is 37.3 Å². The van der Waals surface area contributed by atoms with Crippen LogP contribution in [-0.2, 0) is 13.2 Å². The van der Waals surface area contributed by atoms with E-state index in [-0.39, 0.29) is 6.61 Å². The van der Waals surface area contributed by atoms with Gasteiger partial charge in [0.15, 0.2) is 0 Å². The lowest BCUT2D eigenvalue weighted by Gasteiger charge is -2.08. The third kappa shape index (κ3) is 3.73. The summed E-state index contributed by atoms with van der Waals surface area (Å²) in [5, 5.41) is 13.0. The van der Waals surface area contributed by atoms with Gasteiger partial charge in [-0.1, -0.05) is 35.4 Å². The number of oxazole rings is 1. The SMILES string of the molecule is Cc1ccc(-c2nc(CNc3cc(CO)ccc3Cl)co2)cc1. The fourth-order valence-corrected chi connectivity index (χ4v) is 2.39. The molecule has 0 radical (unpaired) electrons. The van der Waals surface area contributed by atoms with Crippen LogP contribution < -0.4 is 5.32 Å². The highest BCUT2D eigenvalue weighted by Crippen LogP contribution is 2.24. The molecule has 0 unspecified atom stereocenters. The van der Waals surface area contributed by atoms with Crippen molar-refractivity contribution in [2.75, 3.05) is 5.32 Å². The number of benzene rings is 2. The van der Waals surface area contributed by atoms with Crippen LogP contribution in [0, 0.1) is 6.92 Å². The highest BCUT2D eigenvalue weighted by Gasteiger charge is 2.08. The number of rotatable bonds is 5. The number of aliphatic hydroxyl groups excluding tert-OH is 1. The van der Waals surface area contributed by atoms with Crippen molar-refractivity contribution in [3.63, 3.8) is 0 Å². The molecule has 3 aromatic rings. The lowest BCUT2D eigenvalue weighted by Crippen LogP contribution is -2.01. The molecule has 2 N–H and O–H groups in total. The monoisotopic (exact) mass is 328 g/mol. The molecule has 0 atom stereocenters. The molecule has 1 heterocycles. The van der Waals surface area contributed by atoms with Gasteiger partial charge in [0, 0.05) is 5.56 Å². The third-order valence-electron chi connectivity index (χ3n) is 3.52. The van der Waals surface area contributed by atoms with Crippen LogP contribution >= 0.6 is 11.6 Å². The molecular weight excluding hydrogens is 312 g/mol. The van der Waals surface area contributed by atoms with Gasteiger partial charge in [-0.15, -0.1) is 0 Å². The number of nitrogens with one attached hydrogen (secondary N) is 1. The van der Waals surface area contributed by atoms with E-state index in [2.05, 4.69) is 10.3 Å². The summed E-state index contributed by atoms with van der Waals surface area (Å²) in [6.07, 6.45) is 1.63. The van der Waals surface area contributed by atoms with Gasteiger partial charge < -0.3 is 14.8 Å². The molecule has 0 spiro atoms. The average Bonchev–Trinajstić information content (AvgIpc) is 3.04. The van der Waals surface area contributed by atoms with Crippen LogP contribution in [0.4, 0.5) is 5.69 Å². The van der Waals surface area contributed by atoms with Crippen LogP contribution in [0.15, 0.2) is 53.1 Å². The highest BCUT2D eigenvalue weighted by atomic mass is 35.5. The normalized spacial score (nSPS) is 10.7. The lowest BCUT2D eigenvalue weighted by atomic mass is 10.1. The van der Waals surface area contributed by atoms with Crippen LogP contribution in [0.5, 0.6) is 0 Å². The molecule has 0 aliphatic carbocycles. The van der Waals surface area contributed by atoms with Gasteiger partial charge in [-0.2, -0.15) is 0 Å². The Labute approximate surface area is 139 Å². The largest absolute Gasteiger partial charge is 0.444 e. The van der Waals surface area contributed by atoms with E-state index in [0.717, 1.165) is 22.5 Å². The molecule has 2 aromatic carbocycles. The zero-order valence-electron chi connectivity index (χ0n) is 12.7. The second-order valence-electron chi connectivity index (χ2n) is 5.34. The Morgan fingerprint density at radius 1 is 1.17 bits per heavy atom. The predicted molar refractivity (Wildman–Crippen MR) is 91.4 cm³/mol. The second-order valence-corrected chi connectivity index (χ2v) is 5.74. The maximum atomic E-state index is 9.19. The number of aromatic nitrogens is 1. The summed E-state index contributed by atoms with van der Waals surface area (Å²) in [5.74, 6) is 0.594. The molecule has 118 valence electrons. The molecule has 5 heteroatoms. The third-order valence-corrected chi connectivity index (χ3v) is 3.85. The Hall–Kier alpha value is -2.30. The maximum Gasteiger partial charge on any atom is 0.226 e. The van der Waals surface area contributed by atoms with E-state index in [0.29, 0.717) is 17.5 Å². The quantitative estimate of drug-likeness (QED) is 0.728. The van der Waals surface area contributed by atoms with Crippen molar-refractivity contribution in [2.45, 2.75) is 20.1 Å². The Balaban J connectivity index is 1.71. The number of hydrogen-bond acceptors (Lipinski definition) is 4. The van der Waals surface area contributed by atoms with Crippen LogP contribution in [0.3, 0.4) is 0 Å². The average molecular weight is 329 g/mol. The van der Waals surface area contributed by atoms with Gasteiger partial charge in [-0.3, -0.25) is 0 Å². The van der Waals surface area contributed by atoms with E-state index in [4.69, 9.17) is 16.0 Å². The minimum absolute atomic E-state index is 0.0205.